The molecule has 0 fully saturated rings. The molecule has 0 radical (unpaired) electrons. The van der Waals surface area contributed by atoms with Crippen molar-refractivity contribution in [2.45, 2.75) is 13.0 Å². The number of benzene rings is 2. The summed E-state index contributed by atoms with van der Waals surface area (Å²) >= 11 is 6.19. The number of carbonyl (C=O) groups excluding carboxylic acids is 1. The van der Waals surface area contributed by atoms with E-state index in [-0.39, 0.29) is 11.9 Å². The second kappa shape index (κ2) is 6.28. The molecule has 0 bridgehead atoms. The van der Waals surface area contributed by atoms with E-state index in [1.807, 2.05) is 37.3 Å². The van der Waals surface area contributed by atoms with E-state index in [2.05, 4.69) is 5.32 Å². The van der Waals surface area contributed by atoms with Crippen LogP contribution in [0.3, 0.4) is 0 Å². The molecule has 0 aliphatic carbocycles. The number of hydrogen-bond donors (Lipinski definition) is 1. The summed E-state index contributed by atoms with van der Waals surface area (Å²) in [5.74, 6) is 0.885. The van der Waals surface area contributed by atoms with Gasteiger partial charge in [0.15, 0.2) is 11.5 Å². The first-order chi connectivity index (χ1) is 10.6. The Morgan fingerprint density at radius 1 is 1.14 bits per heavy atom. The van der Waals surface area contributed by atoms with Crippen molar-refractivity contribution < 1.29 is 14.3 Å². The molecule has 2 aromatic carbocycles. The van der Waals surface area contributed by atoms with Crippen LogP contribution in [0.25, 0.3) is 0 Å². The lowest BCUT2D eigenvalue weighted by Crippen LogP contribution is -2.27. The normalized spacial score (nSPS) is 14.3. The first-order valence-corrected chi connectivity index (χ1v) is 7.48. The number of amides is 1. The summed E-state index contributed by atoms with van der Waals surface area (Å²) in [4.78, 5) is 12.4. The fraction of sp³-hybridized carbons (Fsp3) is 0.235. The highest BCUT2D eigenvalue weighted by Crippen LogP contribution is 2.35. The first kappa shape index (κ1) is 14.7. The topological polar surface area (TPSA) is 47.6 Å². The van der Waals surface area contributed by atoms with Crippen LogP contribution in [0.2, 0.25) is 5.02 Å². The summed E-state index contributed by atoms with van der Waals surface area (Å²) in [7, 11) is 0. The average Bonchev–Trinajstić information content (AvgIpc) is 2.54. The molecule has 1 aliphatic rings. The van der Waals surface area contributed by atoms with Gasteiger partial charge in [0.2, 0.25) is 0 Å². The molecular formula is C17H16ClNO3. The molecule has 0 saturated carbocycles. The Balaban J connectivity index is 1.80. The molecule has 1 amide bonds. The second-order valence-electron chi connectivity index (χ2n) is 5.08. The van der Waals surface area contributed by atoms with Crippen molar-refractivity contribution in [2.75, 3.05) is 13.2 Å². The van der Waals surface area contributed by atoms with E-state index in [0.29, 0.717) is 35.3 Å². The number of hydrogen-bond acceptors (Lipinski definition) is 3. The highest BCUT2D eigenvalue weighted by molar-refractivity contribution is 6.34. The van der Waals surface area contributed by atoms with Crippen LogP contribution in [-0.2, 0) is 0 Å². The van der Waals surface area contributed by atoms with E-state index in [0.717, 1.165) is 5.56 Å². The highest BCUT2D eigenvalue weighted by Gasteiger charge is 2.20. The van der Waals surface area contributed by atoms with Crippen molar-refractivity contribution in [3.8, 4) is 11.5 Å². The van der Waals surface area contributed by atoms with Crippen molar-refractivity contribution >= 4 is 17.5 Å². The molecule has 1 unspecified atom stereocenters. The van der Waals surface area contributed by atoms with E-state index in [1.54, 1.807) is 12.1 Å². The minimum absolute atomic E-state index is 0.113. The summed E-state index contributed by atoms with van der Waals surface area (Å²) in [6, 6.07) is 12.9. The zero-order valence-corrected chi connectivity index (χ0v) is 12.9. The van der Waals surface area contributed by atoms with Gasteiger partial charge in [0, 0.05) is 6.07 Å². The SMILES string of the molecule is CC(NC(=O)c1cc2c(cc1Cl)OCCO2)c1ccccc1. The smallest absolute Gasteiger partial charge is 0.253 e. The molecule has 5 heteroatoms. The molecule has 22 heavy (non-hydrogen) atoms. The third-order valence-corrected chi connectivity index (χ3v) is 3.84. The van der Waals surface area contributed by atoms with Gasteiger partial charge in [-0.05, 0) is 18.6 Å². The van der Waals surface area contributed by atoms with Crippen LogP contribution in [-0.4, -0.2) is 19.1 Å². The quantitative estimate of drug-likeness (QED) is 0.941. The Hall–Kier alpha value is -2.20. The number of halogens is 1. The van der Waals surface area contributed by atoms with E-state index < -0.39 is 0 Å². The van der Waals surface area contributed by atoms with Crippen LogP contribution in [0, 0.1) is 0 Å². The predicted octanol–water partition coefficient (Wildman–Crippen LogP) is 3.60. The lowest BCUT2D eigenvalue weighted by molar-refractivity contribution is 0.0939. The Morgan fingerprint density at radius 2 is 1.77 bits per heavy atom. The Labute approximate surface area is 134 Å². The van der Waals surface area contributed by atoms with E-state index in [4.69, 9.17) is 21.1 Å². The molecule has 1 N–H and O–H groups in total. The van der Waals surface area contributed by atoms with Gasteiger partial charge >= 0.3 is 0 Å². The van der Waals surface area contributed by atoms with Gasteiger partial charge in [-0.25, -0.2) is 0 Å². The van der Waals surface area contributed by atoms with Crippen molar-refractivity contribution in [3.05, 3.63) is 58.6 Å². The van der Waals surface area contributed by atoms with Crippen LogP contribution in [0.5, 0.6) is 11.5 Å². The third kappa shape index (κ3) is 3.02. The Bertz CT molecular complexity index is 688. The fourth-order valence-corrected chi connectivity index (χ4v) is 2.58. The standard InChI is InChI=1S/C17H16ClNO3/c1-11(12-5-3-2-4-6-12)19-17(20)13-9-15-16(10-14(13)18)22-8-7-21-15/h2-6,9-11H,7-8H2,1H3,(H,19,20). The molecule has 4 nitrogen and oxygen atoms in total. The molecule has 0 saturated heterocycles. The molecule has 0 spiro atoms. The monoisotopic (exact) mass is 317 g/mol. The van der Waals surface area contributed by atoms with Gasteiger partial charge in [0.05, 0.1) is 16.6 Å². The molecule has 1 atom stereocenters. The Kier molecular flexibility index (Phi) is 4.20. The van der Waals surface area contributed by atoms with Gasteiger partial charge in [-0.15, -0.1) is 0 Å². The second-order valence-corrected chi connectivity index (χ2v) is 5.49. The van der Waals surface area contributed by atoms with Crippen LogP contribution in [0.4, 0.5) is 0 Å². The molecule has 3 rings (SSSR count). The number of carbonyl (C=O) groups is 1. The molecule has 1 heterocycles. The number of fused-ring (bicyclic) bond motifs is 1. The minimum Gasteiger partial charge on any atom is -0.486 e. The summed E-state index contributed by atoms with van der Waals surface area (Å²) in [6.07, 6.45) is 0. The maximum Gasteiger partial charge on any atom is 0.253 e. The summed E-state index contributed by atoms with van der Waals surface area (Å²) in [5.41, 5.74) is 1.42. The van der Waals surface area contributed by atoms with Gasteiger partial charge in [-0.3, -0.25) is 4.79 Å². The van der Waals surface area contributed by atoms with Gasteiger partial charge < -0.3 is 14.8 Å². The number of nitrogens with one attached hydrogen (secondary N) is 1. The molecular weight excluding hydrogens is 302 g/mol. The van der Waals surface area contributed by atoms with Crippen molar-refractivity contribution in [1.29, 1.82) is 0 Å². The average molecular weight is 318 g/mol. The van der Waals surface area contributed by atoms with E-state index >= 15 is 0 Å². The fourth-order valence-electron chi connectivity index (χ4n) is 2.34. The number of rotatable bonds is 3. The molecule has 2 aromatic rings. The van der Waals surface area contributed by atoms with E-state index in [1.165, 1.54) is 0 Å². The lowest BCUT2D eigenvalue weighted by atomic mass is 10.1. The molecule has 0 aromatic heterocycles. The largest absolute Gasteiger partial charge is 0.486 e. The van der Waals surface area contributed by atoms with E-state index in [9.17, 15) is 4.79 Å². The van der Waals surface area contributed by atoms with Crippen LogP contribution < -0.4 is 14.8 Å². The zero-order valence-electron chi connectivity index (χ0n) is 12.1. The van der Waals surface area contributed by atoms with Crippen LogP contribution in [0.1, 0.15) is 28.9 Å². The predicted molar refractivity (Wildman–Crippen MR) is 84.8 cm³/mol. The molecule has 1 aliphatic heterocycles. The summed E-state index contributed by atoms with van der Waals surface area (Å²) < 4.78 is 10.9. The zero-order chi connectivity index (χ0) is 15.5. The molecule has 114 valence electrons. The lowest BCUT2D eigenvalue weighted by Gasteiger charge is -2.20. The van der Waals surface area contributed by atoms with Crippen LogP contribution >= 0.6 is 11.6 Å². The van der Waals surface area contributed by atoms with Gasteiger partial charge in [-0.2, -0.15) is 0 Å². The van der Waals surface area contributed by atoms with Gasteiger partial charge in [0.25, 0.3) is 5.91 Å². The minimum atomic E-state index is -0.238. The van der Waals surface area contributed by atoms with Gasteiger partial charge in [-0.1, -0.05) is 41.9 Å². The van der Waals surface area contributed by atoms with Crippen molar-refractivity contribution in [2.24, 2.45) is 0 Å². The maximum atomic E-state index is 12.4. The van der Waals surface area contributed by atoms with Crippen molar-refractivity contribution in [3.63, 3.8) is 0 Å². The number of ether oxygens (including phenoxy) is 2. The summed E-state index contributed by atoms with van der Waals surface area (Å²) in [5, 5.41) is 3.29. The third-order valence-electron chi connectivity index (χ3n) is 3.52. The van der Waals surface area contributed by atoms with Crippen LogP contribution in [0.15, 0.2) is 42.5 Å². The Morgan fingerprint density at radius 3 is 2.45 bits per heavy atom. The van der Waals surface area contributed by atoms with Crippen molar-refractivity contribution in [1.82, 2.24) is 5.32 Å². The highest BCUT2D eigenvalue weighted by atomic mass is 35.5. The summed E-state index contributed by atoms with van der Waals surface area (Å²) in [6.45, 7) is 2.88. The maximum absolute atomic E-state index is 12.4. The van der Waals surface area contributed by atoms with Gasteiger partial charge in [0.1, 0.15) is 13.2 Å². The first-order valence-electron chi connectivity index (χ1n) is 7.10.